The second kappa shape index (κ2) is 4.93. The maximum atomic E-state index is 9.77. The zero-order chi connectivity index (χ0) is 11.5. The highest BCUT2D eigenvalue weighted by molar-refractivity contribution is 5.01. The number of rotatable bonds is 4. The van der Waals surface area contributed by atoms with Crippen molar-refractivity contribution in [3.63, 3.8) is 0 Å². The molecule has 0 bridgehead atoms. The monoisotopic (exact) mass is 224 g/mol. The Labute approximate surface area is 95.6 Å². The third kappa shape index (κ3) is 2.25. The minimum atomic E-state index is -0.281. The highest BCUT2D eigenvalue weighted by Gasteiger charge is 2.28. The molecule has 0 saturated heterocycles. The van der Waals surface area contributed by atoms with Crippen LogP contribution < -0.4 is 5.73 Å². The summed E-state index contributed by atoms with van der Waals surface area (Å²) in [5.74, 6) is 0. The number of aliphatic hydroxyl groups is 1. The molecule has 0 aromatic carbocycles. The lowest BCUT2D eigenvalue weighted by Crippen LogP contribution is -2.18. The summed E-state index contributed by atoms with van der Waals surface area (Å²) in [6.45, 7) is 2.10. The quantitative estimate of drug-likeness (QED) is 0.804. The van der Waals surface area contributed by atoms with Crippen LogP contribution in [0.25, 0.3) is 0 Å². The van der Waals surface area contributed by atoms with Crippen LogP contribution in [0.2, 0.25) is 0 Å². The smallest absolute Gasteiger partial charge is 0.0994 e. The summed E-state index contributed by atoms with van der Waals surface area (Å²) in [4.78, 5) is 0. The Morgan fingerprint density at radius 1 is 1.62 bits per heavy atom. The number of aliphatic hydroxyl groups excluding tert-OH is 1. The van der Waals surface area contributed by atoms with Crippen LogP contribution in [0, 0.1) is 0 Å². The molecule has 90 valence electrons. The highest BCUT2D eigenvalue weighted by atomic mass is 16.3. The van der Waals surface area contributed by atoms with E-state index in [1.54, 1.807) is 4.68 Å². The van der Waals surface area contributed by atoms with Gasteiger partial charge in [-0.1, -0.05) is 18.6 Å². The third-order valence-electron chi connectivity index (χ3n) is 3.29. The standard InChI is InChI=1S/C11H20N4O/c1-2-4-8(12)9-7-15(14-13-9)10-5-3-6-11(10)16/h7-8,10-11,16H,2-6,12H2,1H3. The SMILES string of the molecule is CCCC(N)c1cn(C2CCCC2O)nn1. The van der Waals surface area contributed by atoms with Gasteiger partial charge in [0.2, 0.25) is 0 Å². The maximum absolute atomic E-state index is 9.77. The Balaban J connectivity index is 2.06. The van der Waals surface area contributed by atoms with Crippen LogP contribution in [0.4, 0.5) is 0 Å². The Morgan fingerprint density at radius 2 is 2.44 bits per heavy atom. The summed E-state index contributed by atoms with van der Waals surface area (Å²) in [6, 6.07) is 0.0624. The fourth-order valence-corrected chi connectivity index (χ4v) is 2.31. The van der Waals surface area contributed by atoms with Crippen LogP contribution in [-0.4, -0.2) is 26.2 Å². The summed E-state index contributed by atoms with van der Waals surface area (Å²) in [6.07, 6.45) is 6.47. The van der Waals surface area contributed by atoms with E-state index in [0.717, 1.165) is 37.8 Å². The molecule has 1 heterocycles. The molecular weight excluding hydrogens is 204 g/mol. The predicted octanol–water partition coefficient (Wildman–Crippen LogP) is 1.16. The summed E-state index contributed by atoms with van der Waals surface area (Å²) >= 11 is 0. The first-order valence-corrected chi connectivity index (χ1v) is 6.07. The molecule has 1 aromatic heterocycles. The molecule has 3 atom stereocenters. The van der Waals surface area contributed by atoms with Crippen LogP contribution in [0.15, 0.2) is 6.20 Å². The van der Waals surface area contributed by atoms with Crippen LogP contribution in [0.1, 0.15) is 56.8 Å². The molecule has 0 aliphatic heterocycles. The topological polar surface area (TPSA) is 77.0 Å². The molecule has 3 N–H and O–H groups in total. The molecule has 1 fully saturated rings. The van der Waals surface area contributed by atoms with Crippen molar-refractivity contribution < 1.29 is 5.11 Å². The van der Waals surface area contributed by atoms with Crippen molar-refractivity contribution in [3.05, 3.63) is 11.9 Å². The Hall–Kier alpha value is -0.940. The van der Waals surface area contributed by atoms with Crippen LogP contribution in [0.3, 0.4) is 0 Å². The zero-order valence-electron chi connectivity index (χ0n) is 9.71. The number of hydrogen-bond acceptors (Lipinski definition) is 4. The minimum Gasteiger partial charge on any atom is -0.391 e. The molecule has 3 unspecified atom stereocenters. The summed E-state index contributed by atoms with van der Waals surface area (Å²) in [5, 5.41) is 17.9. The molecule has 1 aliphatic carbocycles. The average molecular weight is 224 g/mol. The number of aromatic nitrogens is 3. The van der Waals surface area contributed by atoms with E-state index in [-0.39, 0.29) is 18.2 Å². The van der Waals surface area contributed by atoms with Gasteiger partial charge >= 0.3 is 0 Å². The Bertz CT molecular complexity index is 338. The molecule has 0 amide bonds. The largest absolute Gasteiger partial charge is 0.391 e. The van der Waals surface area contributed by atoms with Gasteiger partial charge in [-0.25, -0.2) is 4.68 Å². The van der Waals surface area contributed by atoms with E-state index in [2.05, 4.69) is 17.2 Å². The lowest BCUT2D eigenvalue weighted by atomic mass is 10.1. The fourth-order valence-electron chi connectivity index (χ4n) is 2.31. The summed E-state index contributed by atoms with van der Waals surface area (Å²) in [7, 11) is 0. The maximum Gasteiger partial charge on any atom is 0.0994 e. The second-order valence-electron chi connectivity index (χ2n) is 4.58. The third-order valence-corrected chi connectivity index (χ3v) is 3.29. The lowest BCUT2D eigenvalue weighted by molar-refractivity contribution is 0.129. The Morgan fingerprint density at radius 3 is 3.06 bits per heavy atom. The van der Waals surface area contributed by atoms with Gasteiger partial charge in [-0.3, -0.25) is 0 Å². The lowest BCUT2D eigenvalue weighted by Gasteiger charge is -2.13. The first-order chi connectivity index (χ1) is 7.72. The van der Waals surface area contributed by atoms with E-state index in [1.165, 1.54) is 0 Å². The predicted molar refractivity (Wildman–Crippen MR) is 60.8 cm³/mol. The first-order valence-electron chi connectivity index (χ1n) is 6.07. The molecule has 1 aromatic rings. The van der Waals surface area contributed by atoms with E-state index >= 15 is 0 Å². The van der Waals surface area contributed by atoms with Gasteiger partial charge < -0.3 is 10.8 Å². The van der Waals surface area contributed by atoms with Gasteiger partial charge in [0.1, 0.15) is 0 Å². The van der Waals surface area contributed by atoms with Crippen molar-refractivity contribution in [2.45, 2.75) is 57.2 Å². The molecule has 16 heavy (non-hydrogen) atoms. The van der Waals surface area contributed by atoms with Gasteiger partial charge in [-0.15, -0.1) is 5.10 Å². The van der Waals surface area contributed by atoms with Gasteiger partial charge in [0.25, 0.3) is 0 Å². The zero-order valence-corrected chi connectivity index (χ0v) is 9.71. The van der Waals surface area contributed by atoms with Crippen molar-refractivity contribution in [1.82, 2.24) is 15.0 Å². The van der Waals surface area contributed by atoms with Gasteiger partial charge in [-0.05, 0) is 25.7 Å². The molecule has 0 radical (unpaired) electrons. The average Bonchev–Trinajstić information content (AvgIpc) is 2.86. The molecule has 1 saturated carbocycles. The molecule has 2 rings (SSSR count). The molecule has 5 nitrogen and oxygen atoms in total. The highest BCUT2D eigenvalue weighted by Crippen LogP contribution is 2.29. The number of nitrogens with zero attached hydrogens (tertiary/aromatic N) is 3. The van der Waals surface area contributed by atoms with Gasteiger partial charge in [-0.2, -0.15) is 0 Å². The van der Waals surface area contributed by atoms with E-state index in [0.29, 0.717) is 0 Å². The fraction of sp³-hybridized carbons (Fsp3) is 0.818. The Kier molecular flexibility index (Phi) is 3.56. The number of hydrogen-bond donors (Lipinski definition) is 2. The first kappa shape index (κ1) is 11.5. The van der Waals surface area contributed by atoms with Crippen molar-refractivity contribution in [2.75, 3.05) is 0 Å². The molecule has 0 spiro atoms. The van der Waals surface area contributed by atoms with E-state index < -0.39 is 0 Å². The summed E-state index contributed by atoms with van der Waals surface area (Å²) in [5.41, 5.74) is 6.81. The van der Waals surface area contributed by atoms with Crippen molar-refractivity contribution in [3.8, 4) is 0 Å². The van der Waals surface area contributed by atoms with Crippen LogP contribution in [-0.2, 0) is 0 Å². The van der Waals surface area contributed by atoms with Gasteiger partial charge in [0.15, 0.2) is 0 Å². The van der Waals surface area contributed by atoms with E-state index in [1.807, 2.05) is 6.20 Å². The molecule has 1 aliphatic rings. The van der Waals surface area contributed by atoms with E-state index in [4.69, 9.17) is 5.73 Å². The van der Waals surface area contributed by atoms with Crippen molar-refractivity contribution >= 4 is 0 Å². The van der Waals surface area contributed by atoms with Crippen molar-refractivity contribution in [2.24, 2.45) is 5.73 Å². The summed E-state index contributed by atoms with van der Waals surface area (Å²) < 4.78 is 1.78. The minimum absolute atomic E-state index is 0.0303. The van der Waals surface area contributed by atoms with Crippen molar-refractivity contribution in [1.29, 1.82) is 0 Å². The second-order valence-corrected chi connectivity index (χ2v) is 4.58. The normalized spacial score (nSPS) is 27.2. The van der Waals surface area contributed by atoms with Gasteiger partial charge in [0.05, 0.1) is 30.1 Å². The molecule has 5 heteroatoms. The van der Waals surface area contributed by atoms with Crippen LogP contribution >= 0.6 is 0 Å². The van der Waals surface area contributed by atoms with Crippen LogP contribution in [0.5, 0.6) is 0 Å². The number of nitrogens with two attached hydrogens (primary N) is 1. The molecular formula is C11H20N4O. The van der Waals surface area contributed by atoms with Gasteiger partial charge in [0, 0.05) is 0 Å². The van der Waals surface area contributed by atoms with E-state index in [9.17, 15) is 5.11 Å².